The number of benzene rings is 3. The molecule has 6 heteroatoms. The summed E-state index contributed by atoms with van der Waals surface area (Å²) in [6.07, 6.45) is 0. The van der Waals surface area contributed by atoms with E-state index in [1.165, 1.54) is 4.90 Å². The van der Waals surface area contributed by atoms with Gasteiger partial charge >= 0.3 is 0 Å². The minimum atomic E-state index is -0.776. The molecule has 1 fully saturated rings. The lowest BCUT2D eigenvalue weighted by molar-refractivity contribution is -0.132. The molecular weight excluding hydrogens is 430 g/mol. The van der Waals surface area contributed by atoms with E-state index in [0.717, 1.165) is 16.7 Å². The van der Waals surface area contributed by atoms with E-state index in [0.29, 0.717) is 29.4 Å². The van der Waals surface area contributed by atoms with Gasteiger partial charge in [0.05, 0.1) is 25.3 Å². The van der Waals surface area contributed by atoms with Crippen LogP contribution in [0.2, 0.25) is 0 Å². The van der Waals surface area contributed by atoms with Crippen molar-refractivity contribution < 1.29 is 24.2 Å². The van der Waals surface area contributed by atoms with Gasteiger partial charge in [-0.1, -0.05) is 24.3 Å². The Morgan fingerprint density at radius 1 is 0.971 bits per heavy atom. The first kappa shape index (κ1) is 23.1. The van der Waals surface area contributed by atoms with Gasteiger partial charge in [-0.05, 0) is 79.9 Å². The zero-order valence-electron chi connectivity index (χ0n) is 19.7. The smallest absolute Gasteiger partial charge is 0.300 e. The number of ether oxygens (including phenoxy) is 2. The molecule has 3 aromatic rings. The summed E-state index contributed by atoms with van der Waals surface area (Å²) in [5, 5.41) is 11.3. The van der Waals surface area contributed by atoms with Gasteiger partial charge in [-0.15, -0.1) is 0 Å². The Morgan fingerprint density at radius 2 is 1.68 bits per heavy atom. The zero-order valence-corrected chi connectivity index (χ0v) is 19.7. The largest absolute Gasteiger partial charge is 0.507 e. The number of rotatable bonds is 6. The minimum absolute atomic E-state index is 0.0535. The third kappa shape index (κ3) is 4.03. The molecule has 0 aliphatic carbocycles. The van der Waals surface area contributed by atoms with Crippen LogP contribution in [-0.4, -0.2) is 30.5 Å². The number of hydrogen-bond donors (Lipinski definition) is 1. The molecule has 1 saturated heterocycles. The summed E-state index contributed by atoms with van der Waals surface area (Å²) in [5.74, 6) is -0.297. The monoisotopic (exact) mass is 457 g/mol. The summed E-state index contributed by atoms with van der Waals surface area (Å²) in [5.41, 5.74) is 3.52. The van der Waals surface area contributed by atoms with E-state index in [1.807, 2.05) is 45.0 Å². The lowest BCUT2D eigenvalue weighted by Gasteiger charge is -2.26. The van der Waals surface area contributed by atoms with Crippen molar-refractivity contribution >= 4 is 23.1 Å². The first-order chi connectivity index (χ1) is 16.4. The van der Waals surface area contributed by atoms with Crippen LogP contribution >= 0.6 is 0 Å². The molecule has 1 heterocycles. The fourth-order valence-corrected chi connectivity index (χ4v) is 4.34. The third-order valence-corrected chi connectivity index (χ3v) is 6.02. The predicted octanol–water partition coefficient (Wildman–Crippen LogP) is 5.34. The number of aliphatic hydroxyl groups excluding tert-OH is 1. The standard InChI is InChI=1S/C28H27NO5/c1-5-34-21-13-11-20(12-14-21)29-25(22-9-7-6-8-17(22)2)24(27(31)28(29)32)26(30)19-10-15-23(33-4)18(3)16-19/h6-16,25,30H,5H2,1-4H3/b26-24+. The SMILES string of the molecule is CCOc1ccc(N2C(=O)C(=O)/C(=C(/O)c3ccc(OC)c(C)c3)C2c2ccccc2C)cc1. The molecule has 3 aromatic carbocycles. The Bertz CT molecular complexity index is 1280. The summed E-state index contributed by atoms with van der Waals surface area (Å²) in [7, 11) is 1.57. The van der Waals surface area contributed by atoms with Crippen LogP contribution < -0.4 is 14.4 Å². The highest BCUT2D eigenvalue weighted by atomic mass is 16.5. The number of amides is 1. The molecular formula is C28H27NO5. The molecule has 1 unspecified atom stereocenters. The number of nitrogens with zero attached hydrogens (tertiary/aromatic N) is 1. The maximum absolute atomic E-state index is 13.3. The van der Waals surface area contributed by atoms with Crippen LogP contribution in [0, 0.1) is 13.8 Å². The van der Waals surface area contributed by atoms with Crippen molar-refractivity contribution in [3.63, 3.8) is 0 Å². The molecule has 1 aliphatic rings. The van der Waals surface area contributed by atoms with Gasteiger partial charge in [0.25, 0.3) is 11.7 Å². The summed E-state index contributed by atoms with van der Waals surface area (Å²) >= 11 is 0. The Labute approximate surface area is 199 Å². The Kier molecular flexibility index (Phi) is 6.41. The molecule has 174 valence electrons. The van der Waals surface area contributed by atoms with Crippen molar-refractivity contribution in [2.24, 2.45) is 0 Å². The summed E-state index contributed by atoms with van der Waals surface area (Å²) in [4.78, 5) is 28.1. The van der Waals surface area contributed by atoms with Gasteiger partial charge in [-0.2, -0.15) is 0 Å². The van der Waals surface area contributed by atoms with E-state index in [-0.39, 0.29) is 11.3 Å². The van der Waals surface area contributed by atoms with Gasteiger partial charge in [0.2, 0.25) is 0 Å². The molecule has 4 rings (SSSR count). The van der Waals surface area contributed by atoms with Gasteiger partial charge in [0.15, 0.2) is 0 Å². The summed E-state index contributed by atoms with van der Waals surface area (Å²) in [6.45, 7) is 6.19. The second kappa shape index (κ2) is 9.43. The van der Waals surface area contributed by atoms with E-state index in [1.54, 1.807) is 49.6 Å². The molecule has 1 atom stereocenters. The predicted molar refractivity (Wildman–Crippen MR) is 131 cm³/mol. The summed E-state index contributed by atoms with van der Waals surface area (Å²) in [6, 6.07) is 19.0. The van der Waals surface area contributed by atoms with Crippen molar-refractivity contribution in [2.45, 2.75) is 26.8 Å². The number of aliphatic hydroxyl groups is 1. The highest BCUT2D eigenvalue weighted by Gasteiger charge is 2.47. The fraction of sp³-hybridized carbons (Fsp3) is 0.214. The van der Waals surface area contributed by atoms with E-state index >= 15 is 0 Å². The maximum Gasteiger partial charge on any atom is 0.300 e. The first-order valence-electron chi connectivity index (χ1n) is 11.1. The van der Waals surface area contributed by atoms with Crippen LogP contribution in [0.1, 0.15) is 35.2 Å². The number of methoxy groups -OCH3 is 1. The van der Waals surface area contributed by atoms with E-state index in [9.17, 15) is 14.7 Å². The van der Waals surface area contributed by atoms with Crippen molar-refractivity contribution in [1.29, 1.82) is 0 Å². The van der Waals surface area contributed by atoms with E-state index < -0.39 is 17.7 Å². The lowest BCUT2D eigenvalue weighted by Crippen LogP contribution is -2.29. The van der Waals surface area contributed by atoms with Crippen LogP contribution in [0.5, 0.6) is 11.5 Å². The molecule has 0 saturated carbocycles. The van der Waals surface area contributed by atoms with Gasteiger partial charge in [-0.3, -0.25) is 14.5 Å². The lowest BCUT2D eigenvalue weighted by atomic mass is 9.92. The van der Waals surface area contributed by atoms with Crippen molar-refractivity contribution in [1.82, 2.24) is 0 Å². The number of carbonyl (C=O) groups is 2. The molecule has 0 radical (unpaired) electrons. The Morgan fingerprint density at radius 3 is 2.29 bits per heavy atom. The Hall–Kier alpha value is -4.06. The number of hydrogen-bond acceptors (Lipinski definition) is 5. The average molecular weight is 458 g/mol. The average Bonchev–Trinajstić information content (AvgIpc) is 3.10. The highest BCUT2D eigenvalue weighted by Crippen LogP contribution is 2.43. The first-order valence-corrected chi connectivity index (χ1v) is 11.1. The zero-order chi connectivity index (χ0) is 24.4. The third-order valence-electron chi connectivity index (χ3n) is 6.02. The molecule has 0 spiro atoms. The fourth-order valence-electron chi connectivity index (χ4n) is 4.34. The second-order valence-corrected chi connectivity index (χ2v) is 8.14. The topological polar surface area (TPSA) is 76.1 Å². The van der Waals surface area contributed by atoms with Crippen molar-refractivity contribution in [2.75, 3.05) is 18.6 Å². The van der Waals surface area contributed by atoms with Crippen LogP contribution in [0.25, 0.3) is 5.76 Å². The number of anilines is 1. The number of Topliss-reactive ketones (excluding diaryl/α,β-unsaturated/α-hetero) is 1. The quantitative estimate of drug-likeness (QED) is 0.307. The number of ketones is 1. The minimum Gasteiger partial charge on any atom is -0.507 e. The maximum atomic E-state index is 13.3. The number of aryl methyl sites for hydroxylation is 2. The normalized spacial score (nSPS) is 17.2. The van der Waals surface area contributed by atoms with E-state index in [4.69, 9.17) is 9.47 Å². The van der Waals surface area contributed by atoms with Crippen molar-refractivity contribution in [3.8, 4) is 11.5 Å². The van der Waals surface area contributed by atoms with Crippen LogP contribution in [0.3, 0.4) is 0 Å². The van der Waals surface area contributed by atoms with Gasteiger partial charge in [0.1, 0.15) is 17.3 Å². The van der Waals surface area contributed by atoms with E-state index in [2.05, 4.69) is 0 Å². The van der Waals surface area contributed by atoms with Crippen LogP contribution in [0.15, 0.2) is 72.3 Å². The number of carbonyl (C=O) groups excluding carboxylic acids is 2. The van der Waals surface area contributed by atoms with Crippen LogP contribution in [-0.2, 0) is 9.59 Å². The molecule has 0 aromatic heterocycles. The molecule has 1 aliphatic heterocycles. The van der Waals surface area contributed by atoms with Crippen LogP contribution in [0.4, 0.5) is 5.69 Å². The van der Waals surface area contributed by atoms with Gasteiger partial charge in [0, 0.05) is 11.3 Å². The van der Waals surface area contributed by atoms with Gasteiger partial charge in [-0.25, -0.2) is 0 Å². The Balaban J connectivity index is 1.91. The molecule has 1 N–H and O–H groups in total. The summed E-state index contributed by atoms with van der Waals surface area (Å²) < 4.78 is 10.8. The molecule has 1 amide bonds. The second-order valence-electron chi connectivity index (χ2n) is 8.14. The molecule has 34 heavy (non-hydrogen) atoms. The van der Waals surface area contributed by atoms with Crippen molar-refractivity contribution in [3.05, 3.63) is 94.6 Å². The molecule has 0 bridgehead atoms. The molecule has 6 nitrogen and oxygen atoms in total. The van der Waals surface area contributed by atoms with Gasteiger partial charge < -0.3 is 14.6 Å². The highest BCUT2D eigenvalue weighted by molar-refractivity contribution is 6.51.